The maximum absolute atomic E-state index is 6.55. The predicted octanol–water partition coefficient (Wildman–Crippen LogP) is 4.31. The summed E-state index contributed by atoms with van der Waals surface area (Å²) in [5.41, 5.74) is -0.304. The predicted molar refractivity (Wildman–Crippen MR) is 150 cm³/mol. The molecule has 5 saturated heterocycles. The van der Waals surface area contributed by atoms with Gasteiger partial charge in [0.2, 0.25) is 0 Å². The van der Waals surface area contributed by atoms with Crippen LogP contribution in [-0.2, 0) is 37.9 Å². The minimum atomic E-state index is -0.304. The highest BCUT2D eigenvalue weighted by Crippen LogP contribution is 2.42. The number of ether oxygens (including phenoxy) is 8. The molecule has 9 aliphatic rings. The second-order valence-corrected chi connectivity index (χ2v) is 15.2. The molecule has 9 rings (SSSR count). The number of fused-ring (bicyclic) bond motifs is 5. The van der Waals surface area contributed by atoms with Crippen molar-refractivity contribution in [1.29, 1.82) is 0 Å². The molecule has 4 aliphatic carbocycles. The summed E-state index contributed by atoms with van der Waals surface area (Å²) >= 11 is 0. The molecule has 232 valence electrons. The lowest BCUT2D eigenvalue weighted by Gasteiger charge is -2.45. The van der Waals surface area contributed by atoms with Crippen LogP contribution in [0.2, 0.25) is 0 Å². The Morgan fingerprint density at radius 3 is 1.12 bits per heavy atom. The summed E-state index contributed by atoms with van der Waals surface area (Å²) < 4.78 is 49.4. The summed E-state index contributed by atoms with van der Waals surface area (Å²) in [5.74, 6) is 2.38. The Morgan fingerprint density at radius 2 is 0.756 bits per heavy atom. The van der Waals surface area contributed by atoms with Crippen LogP contribution in [0.15, 0.2) is 0 Å². The molecule has 2 bridgehead atoms. The van der Waals surface area contributed by atoms with Crippen molar-refractivity contribution in [2.75, 3.05) is 52.9 Å². The number of rotatable bonds is 16. The summed E-state index contributed by atoms with van der Waals surface area (Å²) in [6.45, 7) is 5.66. The van der Waals surface area contributed by atoms with Crippen molar-refractivity contribution in [3.8, 4) is 0 Å². The van der Waals surface area contributed by atoms with Gasteiger partial charge in [0.15, 0.2) is 0 Å². The lowest BCUT2D eigenvalue weighted by Crippen LogP contribution is -2.47. The molecule has 0 radical (unpaired) electrons. The molecule has 0 aromatic heterocycles. The summed E-state index contributed by atoms with van der Waals surface area (Å²) in [5, 5.41) is 0. The molecule has 9 fully saturated rings. The molecule has 0 N–H and O–H groups in total. The van der Waals surface area contributed by atoms with Crippen molar-refractivity contribution >= 4 is 0 Å². The molecule has 0 amide bonds. The van der Waals surface area contributed by atoms with E-state index in [4.69, 9.17) is 37.9 Å². The molecule has 4 saturated carbocycles. The lowest BCUT2D eigenvalue weighted by atomic mass is 9.81. The van der Waals surface area contributed by atoms with E-state index >= 15 is 0 Å². The molecule has 5 heterocycles. The summed E-state index contributed by atoms with van der Waals surface area (Å²) in [6.07, 6.45) is 18.1. The third-order valence-electron chi connectivity index (χ3n) is 11.5. The van der Waals surface area contributed by atoms with Crippen LogP contribution in [0.1, 0.15) is 77.0 Å². The third-order valence-corrected chi connectivity index (χ3v) is 11.5. The van der Waals surface area contributed by atoms with Gasteiger partial charge >= 0.3 is 0 Å². The van der Waals surface area contributed by atoms with Gasteiger partial charge < -0.3 is 37.9 Å². The average Bonchev–Trinajstić information content (AvgIpc) is 3.85. The zero-order valence-corrected chi connectivity index (χ0v) is 24.8. The molecular formula is C33H52O8. The van der Waals surface area contributed by atoms with Crippen LogP contribution in [0.5, 0.6) is 0 Å². The van der Waals surface area contributed by atoms with Gasteiger partial charge in [0.05, 0.1) is 80.7 Å². The van der Waals surface area contributed by atoms with E-state index in [0.717, 1.165) is 58.5 Å². The smallest absolute Gasteiger partial charge is 0.0845 e. The van der Waals surface area contributed by atoms with Gasteiger partial charge in [-0.1, -0.05) is 0 Å². The van der Waals surface area contributed by atoms with E-state index in [2.05, 4.69) is 0 Å². The van der Waals surface area contributed by atoms with Gasteiger partial charge in [-0.2, -0.15) is 0 Å². The molecule has 11 atom stereocenters. The van der Waals surface area contributed by atoms with E-state index in [1.807, 2.05) is 0 Å². The SMILES string of the molecule is C1CC2OC2CC1COCC(COCC1CC2CC(C1)O2)(COCC1CCC2OC2C1)COCC1CCC2OC2C1. The summed E-state index contributed by atoms with van der Waals surface area (Å²) in [7, 11) is 0. The van der Waals surface area contributed by atoms with E-state index in [0.29, 0.717) is 98.9 Å². The van der Waals surface area contributed by atoms with Gasteiger partial charge in [-0.25, -0.2) is 0 Å². The van der Waals surface area contributed by atoms with Crippen molar-refractivity contribution in [3.63, 3.8) is 0 Å². The maximum atomic E-state index is 6.55. The Bertz CT molecular complexity index is 760. The first-order valence-corrected chi connectivity index (χ1v) is 17.1. The zero-order chi connectivity index (χ0) is 27.2. The van der Waals surface area contributed by atoms with E-state index in [-0.39, 0.29) is 5.41 Å². The minimum Gasteiger partial charge on any atom is -0.380 e. The lowest BCUT2D eigenvalue weighted by molar-refractivity contribution is -0.184. The van der Waals surface area contributed by atoms with Crippen LogP contribution >= 0.6 is 0 Å². The molecule has 8 heteroatoms. The molecule has 5 aliphatic heterocycles. The monoisotopic (exact) mass is 576 g/mol. The maximum Gasteiger partial charge on any atom is 0.0845 e. The number of hydrogen-bond acceptors (Lipinski definition) is 8. The highest BCUT2D eigenvalue weighted by atomic mass is 16.6. The van der Waals surface area contributed by atoms with Gasteiger partial charge in [-0.05, 0) is 101 Å². The van der Waals surface area contributed by atoms with Crippen LogP contribution in [0, 0.1) is 29.1 Å². The molecule has 41 heavy (non-hydrogen) atoms. The second kappa shape index (κ2) is 12.2. The Kier molecular flexibility index (Phi) is 8.40. The summed E-state index contributed by atoms with van der Waals surface area (Å²) in [6, 6.07) is 0. The average molecular weight is 577 g/mol. The van der Waals surface area contributed by atoms with Crippen LogP contribution < -0.4 is 0 Å². The fourth-order valence-corrected chi connectivity index (χ4v) is 8.77. The van der Waals surface area contributed by atoms with Gasteiger partial charge in [0.25, 0.3) is 0 Å². The number of epoxide rings is 3. The van der Waals surface area contributed by atoms with Gasteiger partial charge in [-0.3, -0.25) is 0 Å². The van der Waals surface area contributed by atoms with Crippen molar-refractivity contribution in [3.05, 3.63) is 0 Å². The molecule has 0 spiro atoms. The van der Waals surface area contributed by atoms with E-state index in [9.17, 15) is 0 Å². The Hall–Kier alpha value is -0.320. The normalized spacial score (nSPS) is 46.8. The Morgan fingerprint density at radius 1 is 0.390 bits per heavy atom. The first-order chi connectivity index (χ1) is 20.2. The van der Waals surface area contributed by atoms with Gasteiger partial charge in [-0.15, -0.1) is 0 Å². The van der Waals surface area contributed by atoms with E-state index in [1.54, 1.807) is 0 Å². The number of hydrogen-bond donors (Lipinski definition) is 0. The van der Waals surface area contributed by atoms with Gasteiger partial charge in [0, 0.05) is 26.4 Å². The van der Waals surface area contributed by atoms with Crippen LogP contribution in [0.3, 0.4) is 0 Å². The third kappa shape index (κ3) is 7.16. The quantitative estimate of drug-likeness (QED) is 0.252. The van der Waals surface area contributed by atoms with Crippen LogP contribution in [0.4, 0.5) is 0 Å². The topological polar surface area (TPSA) is 83.7 Å². The fraction of sp³-hybridized carbons (Fsp3) is 1.00. The Labute approximate surface area is 245 Å². The molecule has 11 unspecified atom stereocenters. The molecule has 0 aromatic carbocycles. The standard InChI is InChI=1S/C33H52O8/c1-4-27-30(39-27)9-21(1)13-34-17-33(18-35-14-22-2-5-28-31(10-22)40-28,19-36-15-23-3-6-29-32(11-23)41-29)20-37-16-24-7-25-12-26(8-24)38-25/h21-32H,1-20H2. The fourth-order valence-electron chi connectivity index (χ4n) is 8.77. The highest BCUT2D eigenvalue weighted by Gasteiger charge is 2.46. The summed E-state index contributed by atoms with van der Waals surface area (Å²) in [4.78, 5) is 0. The van der Waals surface area contributed by atoms with Crippen LogP contribution in [0.25, 0.3) is 0 Å². The first kappa shape index (κ1) is 28.2. The van der Waals surface area contributed by atoms with Crippen molar-refractivity contribution < 1.29 is 37.9 Å². The molecular weight excluding hydrogens is 524 g/mol. The van der Waals surface area contributed by atoms with E-state index in [1.165, 1.54) is 44.9 Å². The van der Waals surface area contributed by atoms with Crippen LogP contribution in [-0.4, -0.2) is 102 Å². The van der Waals surface area contributed by atoms with Crippen molar-refractivity contribution in [1.82, 2.24) is 0 Å². The largest absolute Gasteiger partial charge is 0.380 e. The zero-order valence-electron chi connectivity index (χ0n) is 24.8. The van der Waals surface area contributed by atoms with Crippen molar-refractivity contribution in [2.24, 2.45) is 29.1 Å². The molecule has 0 aromatic rings. The first-order valence-electron chi connectivity index (χ1n) is 17.1. The van der Waals surface area contributed by atoms with Gasteiger partial charge in [0.1, 0.15) is 0 Å². The second-order valence-electron chi connectivity index (χ2n) is 15.2. The van der Waals surface area contributed by atoms with Crippen molar-refractivity contribution in [2.45, 2.75) is 126 Å². The van der Waals surface area contributed by atoms with E-state index < -0.39 is 0 Å². The Balaban J connectivity index is 0.884. The molecule has 8 nitrogen and oxygen atoms in total. The highest BCUT2D eigenvalue weighted by molar-refractivity contribution is 4.94. The minimum absolute atomic E-state index is 0.304.